The molecule has 0 bridgehead atoms. The third kappa shape index (κ3) is 3.93. The lowest BCUT2D eigenvalue weighted by atomic mass is 10.2. The van der Waals surface area contributed by atoms with Gasteiger partial charge in [-0.15, -0.1) is 11.8 Å². The molecule has 2 rings (SSSR count). The minimum absolute atomic E-state index is 0.252. The predicted molar refractivity (Wildman–Crippen MR) is 79.5 cm³/mol. The molecule has 6 heteroatoms. The Morgan fingerprint density at radius 2 is 2.00 bits per heavy atom. The highest BCUT2D eigenvalue weighted by molar-refractivity contribution is 7.99. The Morgan fingerprint density at radius 3 is 2.65 bits per heavy atom. The Bertz CT molecular complexity index is 488. The Morgan fingerprint density at radius 1 is 1.30 bits per heavy atom. The zero-order valence-corrected chi connectivity index (χ0v) is 12.9. The van der Waals surface area contributed by atoms with Gasteiger partial charge in [-0.05, 0) is 52.7 Å². The lowest BCUT2D eigenvalue weighted by Gasteiger charge is -2.14. The second-order valence-corrected chi connectivity index (χ2v) is 6.18. The first-order chi connectivity index (χ1) is 9.58. The van der Waals surface area contributed by atoms with Crippen molar-refractivity contribution in [3.05, 3.63) is 17.1 Å². The van der Waals surface area contributed by atoms with Gasteiger partial charge in [0, 0.05) is 5.75 Å². The molecule has 0 saturated carbocycles. The average molecular weight is 295 g/mol. The number of hydrogen-bond donors (Lipinski definition) is 1. The summed E-state index contributed by atoms with van der Waals surface area (Å²) in [5.74, 6) is 0.589. The molecule has 110 valence electrons. The van der Waals surface area contributed by atoms with Gasteiger partial charge in [0.2, 0.25) is 0 Å². The van der Waals surface area contributed by atoms with Gasteiger partial charge in [0.15, 0.2) is 0 Å². The molecule has 1 aliphatic heterocycles. The molecule has 0 atom stereocenters. The topological polar surface area (TPSA) is 66.3 Å². The van der Waals surface area contributed by atoms with E-state index < -0.39 is 5.97 Å². The predicted octanol–water partition coefficient (Wildman–Crippen LogP) is 2.37. The molecule has 1 aliphatic rings. The molecule has 0 unspecified atom stereocenters. The molecule has 1 saturated heterocycles. The first-order valence-corrected chi connectivity index (χ1v) is 8.00. The smallest absolute Gasteiger partial charge is 0.340 e. The molecule has 5 nitrogen and oxygen atoms in total. The Hall–Kier alpha value is -1.14. The van der Waals surface area contributed by atoms with Crippen molar-refractivity contribution in [2.45, 2.75) is 38.1 Å². The number of aromatic nitrogens is 2. The maximum absolute atomic E-state index is 11.3. The van der Waals surface area contributed by atoms with E-state index in [0.29, 0.717) is 16.5 Å². The molecule has 1 N–H and O–H groups in total. The van der Waals surface area contributed by atoms with E-state index in [2.05, 4.69) is 14.9 Å². The van der Waals surface area contributed by atoms with Crippen LogP contribution in [0.1, 0.15) is 41.1 Å². The fraction of sp³-hybridized carbons (Fsp3) is 0.643. The Balaban J connectivity index is 1.92. The normalized spacial score (nSPS) is 15.7. The highest BCUT2D eigenvalue weighted by atomic mass is 32.2. The van der Waals surface area contributed by atoms with Crippen LogP contribution >= 0.6 is 11.8 Å². The second kappa shape index (κ2) is 7.04. The van der Waals surface area contributed by atoms with Gasteiger partial charge >= 0.3 is 5.97 Å². The molecule has 0 spiro atoms. The zero-order chi connectivity index (χ0) is 14.5. The molecule has 1 aromatic heterocycles. The second-order valence-electron chi connectivity index (χ2n) is 5.09. The highest BCUT2D eigenvalue weighted by Gasteiger charge is 2.17. The van der Waals surface area contributed by atoms with Gasteiger partial charge in [0.25, 0.3) is 0 Å². The van der Waals surface area contributed by atoms with Crippen LogP contribution in [0.2, 0.25) is 0 Å². The number of aromatic carboxylic acids is 1. The van der Waals surface area contributed by atoms with Gasteiger partial charge in [-0.25, -0.2) is 14.8 Å². The van der Waals surface area contributed by atoms with E-state index >= 15 is 0 Å². The fourth-order valence-corrected chi connectivity index (χ4v) is 3.54. The maximum atomic E-state index is 11.3. The van der Waals surface area contributed by atoms with E-state index in [1.807, 2.05) is 0 Å². The molecule has 0 aromatic carbocycles. The number of carboxylic acid groups (broad SMARTS) is 1. The van der Waals surface area contributed by atoms with E-state index in [-0.39, 0.29) is 5.56 Å². The monoisotopic (exact) mass is 295 g/mol. The summed E-state index contributed by atoms with van der Waals surface area (Å²) in [6.45, 7) is 7.03. The van der Waals surface area contributed by atoms with Crippen molar-refractivity contribution in [3.8, 4) is 0 Å². The number of carboxylic acids is 1. The van der Waals surface area contributed by atoms with Crippen LogP contribution in [0.15, 0.2) is 5.03 Å². The molecular weight excluding hydrogens is 274 g/mol. The summed E-state index contributed by atoms with van der Waals surface area (Å²) in [5, 5.41) is 9.87. The minimum atomic E-state index is -0.940. The fourth-order valence-electron chi connectivity index (χ4n) is 2.50. The number of rotatable bonds is 6. The number of nitrogens with zero attached hydrogens (tertiary/aromatic N) is 3. The van der Waals surface area contributed by atoms with Gasteiger partial charge < -0.3 is 10.0 Å². The van der Waals surface area contributed by atoms with Crippen molar-refractivity contribution in [2.24, 2.45) is 0 Å². The van der Waals surface area contributed by atoms with Gasteiger partial charge in [0.05, 0.1) is 5.69 Å². The summed E-state index contributed by atoms with van der Waals surface area (Å²) < 4.78 is 0. The van der Waals surface area contributed by atoms with Gasteiger partial charge in [-0.2, -0.15) is 0 Å². The van der Waals surface area contributed by atoms with Crippen molar-refractivity contribution in [1.82, 2.24) is 14.9 Å². The van der Waals surface area contributed by atoms with Crippen molar-refractivity contribution < 1.29 is 9.90 Å². The van der Waals surface area contributed by atoms with E-state index in [4.69, 9.17) is 0 Å². The van der Waals surface area contributed by atoms with E-state index in [0.717, 1.165) is 18.7 Å². The Labute approximate surface area is 123 Å². The molecule has 0 aliphatic carbocycles. The lowest BCUT2D eigenvalue weighted by molar-refractivity contribution is 0.0690. The minimum Gasteiger partial charge on any atom is -0.478 e. The van der Waals surface area contributed by atoms with Crippen LogP contribution in [0.3, 0.4) is 0 Å². The van der Waals surface area contributed by atoms with Gasteiger partial charge in [-0.3, -0.25) is 0 Å². The average Bonchev–Trinajstić information content (AvgIpc) is 2.86. The lowest BCUT2D eigenvalue weighted by Crippen LogP contribution is -2.20. The van der Waals surface area contributed by atoms with Crippen molar-refractivity contribution in [1.29, 1.82) is 0 Å². The van der Waals surface area contributed by atoms with Crippen molar-refractivity contribution >= 4 is 17.7 Å². The summed E-state index contributed by atoms with van der Waals surface area (Å²) in [4.78, 5) is 22.2. The largest absolute Gasteiger partial charge is 0.478 e. The molecule has 1 aromatic rings. The van der Waals surface area contributed by atoms with Crippen LogP contribution in [-0.2, 0) is 0 Å². The molecule has 1 fully saturated rings. The number of aryl methyl sites for hydroxylation is 2. The van der Waals surface area contributed by atoms with E-state index in [9.17, 15) is 9.90 Å². The van der Waals surface area contributed by atoms with Crippen LogP contribution in [0, 0.1) is 13.8 Å². The maximum Gasteiger partial charge on any atom is 0.340 e. The summed E-state index contributed by atoms with van der Waals surface area (Å²) in [5.41, 5.74) is 0.800. The molecule has 20 heavy (non-hydrogen) atoms. The van der Waals surface area contributed by atoms with Crippen LogP contribution < -0.4 is 0 Å². The van der Waals surface area contributed by atoms with Gasteiger partial charge in [0.1, 0.15) is 16.4 Å². The molecule has 0 radical (unpaired) electrons. The summed E-state index contributed by atoms with van der Waals surface area (Å²) in [7, 11) is 0. The molecule has 2 heterocycles. The van der Waals surface area contributed by atoms with Crippen molar-refractivity contribution in [3.63, 3.8) is 0 Å². The summed E-state index contributed by atoms with van der Waals surface area (Å²) in [6, 6.07) is 0. The van der Waals surface area contributed by atoms with Gasteiger partial charge in [-0.1, -0.05) is 0 Å². The van der Waals surface area contributed by atoms with Crippen LogP contribution in [-0.4, -0.2) is 51.3 Å². The SMILES string of the molecule is Cc1nc(C)c(C(=O)O)c(SCCCN2CCCC2)n1. The first-order valence-electron chi connectivity index (χ1n) is 7.01. The third-order valence-electron chi connectivity index (χ3n) is 3.44. The standard InChI is InChI=1S/C14H21N3O2S/c1-10-12(14(18)19)13(16-11(2)15-10)20-9-5-8-17-6-3-4-7-17/h3-9H2,1-2H3,(H,18,19). The highest BCUT2D eigenvalue weighted by Crippen LogP contribution is 2.23. The zero-order valence-electron chi connectivity index (χ0n) is 12.1. The van der Waals surface area contributed by atoms with Crippen LogP contribution in [0.25, 0.3) is 0 Å². The Kier molecular flexibility index (Phi) is 5.37. The number of carbonyl (C=O) groups is 1. The summed E-state index contributed by atoms with van der Waals surface area (Å²) in [6.07, 6.45) is 3.67. The first kappa shape index (κ1) is 15.3. The summed E-state index contributed by atoms with van der Waals surface area (Å²) >= 11 is 1.53. The molecular formula is C14H21N3O2S. The number of thioether (sulfide) groups is 1. The van der Waals surface area contributed by atoms with E-state index in [1.54, 1.807) is 13.8 Å². The van der Waals surface area contributed by atoms with Crippen LogP contribution in [0.5, 0.6) is 0 Å². The third-order valence-corrected chi connectivity index (χ3v) is 4.50. The number of likely N-dealkylation sites (tertiary alicyclic amines) is 1. The quantitative estimate of drug-likeness (QED) is 0.494. The van der Waals surface area contributed by atoms with E-state index in [1.165, 1.54) is 37.7 Å². The number of hydrogen-bond acceptors (Lipinski definition) is 5. The van der Waals surface area contributed by atoms with Crippen LogP contribution in [0.4, 0.5) is 0 Å². The molecule has 0 amide bonds. The van der Waals surface area contributed by atoms with Crippen molar-refractivity contribution in [2.75, 3.05) is 25.4 Å².